The summed E-state index contributed by atoms with van der Waals surface area (Å²) < 4.78 is 10.9. The molecule has 3 heteroatoms. The second-order valence-corrected chi connectivity index (χ2v) is 5.35. The zero-order valence-corrected chi connectivity index (χ0v) is 12.3. The SMILES string of the molecule is COc1ccc(CNCC2CCOc3ccccc32)cc1. The van der Waals surface area contributed by atoms with Gasteiger partial charge in [-0.2, -0.15) is 0 Å². The van der Waals surface area contributed by atoms with Crippen molar-refractivity contribution in [1.29, 1.82) is 0 Å². The first-order valence-corrected chi connectivity index (χ1v) is 7.42. The molecule has 3 nitrogen and oxygen atoms in total. The van der Waals surface area contributed by atoms with E-state index in [1.54, 1.807) is 7.11 Å². The van der Waals surface area contributed by atoms with Gasteiger partial charge in [-0.1, -0.05) is 30.3 Å². The van der Waals surface area contributed by atoms with Gasteiger partial charge in [0.05, 0.1) is 13.7 Å². The van der Waals surface area contributed by atoms with Crippen LogP contribution in [0.2, 0.25) is 0 Å². The second-order valence-electron chi connectivity index (χ2n) is 5.35. The van der Waals surface area contributed by atoms with Crippen molar-refractivity contribution < 1.29 is 9.47 Å². The highest BCUT2D eigenvalue weighted by atomic mass is 16.5. The third-order valence-corrected chi connectivity index (χ3v) is 3.96. The van der Waals surface area contributed by atoms with Crippen LogP contribution < -0.4 is 14.8 Å². The van der Waals surface area contributed by atoms with Crippen molar-refractivity contribution in [3.8, 4) is 11.5 Å². The van der Waals surface area contributed by atoms with Gasteiger partial charge in [-0.25, -0.2) is 0 Å². The Bertz CT molecular complexity index is 580. The Labute approximate surface area is 125 Å². The van der Waals surface area contributed by atoms with E-state index in [0.29, 0.717) is 5.92 Å². The summed E-state index contributed by atoms with van der Waals surface area (Å²) in [4.78, 5) is 0. The van der Waals surface area contributed by atoms with Gasteiger partial charge in [0.2, 0.25) is 0 Å². The predicted octanol–water partition coefficient (Wildman–Crippen LogP) is 3.35. The molecule has 1 unspecified atom stereocenters. The number of methoxy groups -OCH3 is 1. The van der Waals surface area contributed by atoms with Gasteiger partial charge in [0, 0.05) is 19.0 Å². The van der Waals surface area contributed by atoms with E-state index < -0.39 is 0 Å². The van der Waals surface area contributed by atoms with Crippen molar-refractivity contribution in [2.45, 2.75) is 18.9 Å². The molecular weight excluding hydrogens is 262 g/mol. The van der Waals surface area contributed by atoms with Crippen molar-refractivity contribution in [3.05, 3.63) is 59.7 Å². The van der Waals surface area contributed by atoms with Gasteiger partial charge in [0.1, 0.15) is 11.5 Å². The first-order chi connectivity index (χ1) is 10.4. The van der Waals surface area contributed by atoms with Crippen molar-refractivity contribution in [3.63, 3.8) is 0 Å². The van der Waals surface area contributed by atoms with Crippen LogP contribution in [0.5, 0.6) is 11.5 Å². The van der Waals surface area contributed by atoms with E-state index in [4.69, 9.17) is 9.47 Å². The molecule has 0 fully saturated rings. The molecule has 0 spiro atoms. The lowest BCUT2D eigenvalue weighted by atomic mass is 9.93. The van der Waals surface area contributed by atoms with Gasteiger partial charge in [0.15, 0.2) is 0 Å². The highest BCUT2D eigenvalue weighted by Gasteiger charge is 2.20. The molecule has 0 aliphatic carbocycles. The number of ether oxygens (including phenoxy) is 2. The molecule has 1 atom stereocenters. The zero-order chi connectivity index (χ0) is 14.5. The lowest BCUT2D eigenvalue weighted by Gasteiger charge is -2.26. The van der Waals surface area contributed by atoms with E-state index in [1.807, 2.05) is 18.2 Å². The minimum Gasteiger partial charge on any atom is -0.497 e. The van der Waals surface area contributed by atoms with Crippen LogP contribution in [0.4, 0.5) is 0 Å². The topological polar surface area (TPSA) is 30.5 Å². The number of hydrogen-bond acceptors (Lipinski definition) is 3. The maximum absolute atomic E-state index is 5.70. The van der Waals surface area contributed by atoms with Gasteiger partial charge in [-0.05, 0) is 35.7 Å². The van der Waals surface area contributed by atoms with Crippen LogP contribution in [0, 0.1) is 0 Å². The third kappa shape index (κ3) is 3.37. The first kappa shape index (κ1) is 14.0. The summed E-state index contributed by atoms with van der Waals surface area (Å²) in [5, 5.41) is 3.55. The van der Waals surface area contributed by atoms with Gasteiger partial charge in [0.25, 0.3) is 0 Å². The molecule has 110 valence electrons. The number of benzene rings is 2. The van der Waals surface area contributed by atoms with Crippen molar-refractivity contribution >= 4 is 0 Å². The Morgan fingerprint density at radius 2 is 1.95 bits per heavy atom. The molecule has 2 aromatic rings. The zero-order valence-electron chi connectivity index (χ0n) is 12.3. The molecule has 1 aliphatic rings. The van der Waals surface area contributed by atoms with Crippen molar-refractivity contribution in [2.24, 2.45) is 0 Å². The van der Waals surface area contributed by atoms with Crippen LogP contribution in [-0.2, 0) is 6.54 Å². The summed E-state index contributed by atoms with van der Waals surface area (Å²) in [6, 6.07) is 16.6. The predicted molar refractivity (Wildman–Crippen MR) is 84.0 cm³/mol. The Balaban J connectivity index is 1.56. The average Bonchev–Trinajstić information content (AvgIpc) is 2.56. The fourth-order valence-electron chi connectivity index (χ4n) is 2.76. The van der Waals surface area contributed by atoms with Gasteiger partial charge in [-0.15, -0.1) is 0 Å². The molecule has 0 radical (unpaired) electrons. The molecule has 0 bridgehead atoms. The van der Waals surface area contributed by atoms with Gasteiger partial charge < -0.3 is 14.8 Å². The smallest absolute Gasteiger partial charge is 0.122 e. The molecular formula is C18H21NO2. The quantitative estimate of drug-likeness (QED) is 0.913. The summed E-state index contributed by atoms with van der Waals surface area (Å²) in [6.45, 7) is 2.67. The monoisotopic (exact) mass is 283 g/mol. The van der Waals surface area contributed by atoms with Crippen molar-refractivity contribution in [1.82, 2.24) is 5.32 Å². The normalized spacial score (nSPS) is 16.9. The van der Waals surface area contributed by atoms with Crippen LogP contribution in [0.3, 0.4) is 0 Å². The molecule has 3 rings (SSSR count). The molecule has 1 N–H and O–H groups in total. The van der Waals surface area contributed by atoms with Crippen molar-refractivity contribution in [2.75, 3.05) is 20.3 Å². The highest BCUT2D eigenvalue weighted by molar-refractivity contribution is 5.38. The fraction of sp³-hybridized carbons (Fsp3) is 0.333. The highest BCUT2D eigenvalue weighted by Crippen LogP contribution is 2.32. The molecule has 21 heavy (non-hydrogen) atoms. The summed E-state index contributed by atoms with van der Waals surface area (Å²) in [5.41, 5.74) is 2.60. The standard InChI is InChI=1S/C18H21NO2/c1-20-16-8-6-14(7-9-16)12-19-13-15-10-11-21-18-5-3-2-4-17(15)18/h2-9,15,19H,10-13H2,1H3. The minimum atomic E-state index is 0.535. The van der Waals surface area contributed by atoms with E-state index in [9.17, 15) is 0 Å². The Morgan fingerprint density at radius 3 is 2.76 bits per heavy atom. The molecule has 2 aromatic carbocycles. The molecule has 0 aromatic heterocycles. The van der Waals surface area contributed by atoms with E-state index in [0.717, 1.165) is 37.6 Å². The summed E-state index contributed by atoms with van der Waals surface area (Å²) in [7, 11) is 1.69. The maximum Gasteiger partial charge on any atom is 0.122 e. The fourth-order valence-corrected chi connectivity index (χ4v) is 2.76. The lowest BCUT2D eigenvalue weighted by Crippen LogP contribution is -2.25. The first-order valence-electron chi connectivity index (χ1n) is 7.42. The van der Waals surface area contributed by atoms with Crippen LogP contribution >= 0.6 is 0 Å². The molecule has 1 aliphatic heterocycles. The van der Waals surface area contributed by atoms with E-state index in [-0.39, 0.29) is 0 Å². The average molecular weight is 283 g/mol. The van der Waals surface area contributed by atoms with Gasteiger partial charge >= 0.3 is 0 Å². The van der Waals surface area contributed by atoms with E-state index in [1.165, 1.54) is 11.1 Å². The van der Waals surface area contributed by atoms with Gasteiger partial charge in [-0.3, -0.25) is 0 Å². The van der Waals surface area contributed by atoms with Crippen LogP contribution in [0.1, 0.15) is 23.5 Å². The third-order valence-electron chi connectivity index (χ3n) is 3.96. The number of hydrogen-bond donors (Lipinski definition) is 1. The number of fused-ring (bicyclic) bond motifs is 1. The maximum atomic E-state index is 5.70. The van der Waals surface area contributed by atoms with Crippen LogP contribution in [0.15, 0.2) is 48.5 Å². The number of para-hydroxylation sites is 1. The largest absolute Gasteiger partial charge is 0.497 e. The molecule has 1 heterocycles. The number of nitrogens with one attached hydrogen (secondary N) is 1. The van der Waals surface area contributed by atoms with E-state index >= 15 is 0 Å². The summed E-state index contributed by atoms with van der Waals surface area (Å²) in [6.07, 6.45) is 1.08. The Hall–Kier alpha value is -2.00. The molecule has 0 saturated carbocycles. The van der Waals surface area contributed by atoms with Crippen LogP contribution in [0.25, 0.3) is 0 Å². The van der Waals surface area contributed by atoms with E-state index in [2.05, 4.69) is 35.6 Å². The minimum absolute atomic E-state index is 0.535. The summed E-state index contributed by atoms with van der Waals surface area (Å²) >= 11 is 0. The molecule has 0 saturated heterocycles. The Morgan fingerprint density at radius 1 is 1.14 bits per heavy atom. The summed E-state index contributed by atoms with van der Waals surface area (Å²) in [5.74, 6) is 2.48. The number of rotatable bonds is 5. The Kier molecular flexibility index (Phi) is 4.41. The molecule has 0 amide bonds. The second kappa shape index (κ2) is 6.64. The van der Waals surface area contributed by atoms with Crippen LogP contribution in [-0.4, -0.2) is 20.3 Å². The lowest BCUT2D eigenvalue weighted by molar-refractivity contribution is 0.264.